The fourth-order valence-electron chi connectivity index (χ4n) is 3.99. The summed E-state index contributed by atoms with van der Waals surface area (Å²) in [5, 5.41) is 5.81. The van der Waals surface area contributed by atoms with E-state index >= 15 is 0 Å². The number of carbonyl (C=O) groups is 2. The molecule has 0 bridgehead atoms. The fourth-order valence-corrected chi connectivity index (χ4v) is 3.99. The van der Waals surface area contributed by atoms with Gasteiger partial charge in [-0.2, -0.15) is 0 Å². The molecule has 0 aliphatic carbocycles. The van der Waals surface area contributed by atoms with Crippen LogP contribution in [0.5, 0.6) is 5.75 Å². The molecule has 0 atom stereocenters. The molecule has 3 aromatic rings. The number of fused-ring (bicyclic) bond motifs is 1. The molecule has 0 aromatic heterocycles. The van der Waals surface area contributed by atoms with E-state index < -0.39 is 28.9 Å². The Hall–Kier alpha value is -4.07. The highest BCUT2D eigenvalue weighted by Gasteiger charge is 2.28. The smallest absolute Gasteiger partial charge is 0.258 e. The second-order valence-corrected chi connectivity index (χ2v) is 8.89. The summed E-state index contributed by atoms with van der Waals surface area (Å²) in [7, 11) is 1.58. The lowest BCUT2D eigenvalue weighted by Gasteiger charge is -2.35. The molecule has 0 fully saturated rings. The Morgan fingerprint density at radius 2 is 1.71 bits per heavy atom. The number of ether oxygens (including phenoxy) is 1. The standard InChI is InChI=1S/C27H23F3N2O3/c1-27(2)14-16-6-9-18(35-3)12-20(16)22(32-27)13-23(33)15-4-7-17(8-5-15)31-26(34)19-10-11-21(28)25(30)24(19)29/h4-13,32H,14H2,1-3H3,(H,31,34). The molecule has 0 radical (unpaired) electrons. The van der Waals surface area contributed by atoms with Crippen LogP contribution in [-0.2, 0) is 6.42 Å². The number of benzene rings is 3. The minimum Gasteiger partial charge on any atom is -0.497 e. The largest absolute Gasteiger partial charge is 0.497 e. The first kappa shape index (κ1) is 24.1. The van der Waals surface area contributed by atoms with Crippen LogP contribution in [-0.4, -0.2) is 24.3 Å². The Morgan fingerprint density at radius 3 is 2.40 bits per heavy atom. The first-order valence-electron chi connectivity index (χ1n) is 10.8. The van der Waals surface area contributed by atoms with Gasteiger partial charge in [-0.25, -0.2) is 13.2 Å². The molecule has 1 aliphatic heterocycles. The highest BCUT2D eigenvalue weighted by Crippen LogP contribution is 2.32. The van der Waals surface area contributed by atoms with Gasteiger partial charge in [0.05, 0.1) is 12.7 Å². The highest BCUT2D eigenvalue weighted by molar-refractivity contribution is 6.09. The van der Waals surface area contributed by atoms with E-state index in [1.165, 1.54) is 30.3 Å². The third-order valence-corrected chi connectivity index (χ3v) is 5.70. The Kier molecular flexibility index (Phi) is 6.39. The molecule has 35 heavy (non-hydrogen) atoms. The van der Waals surface area contributed by atoms with Crippen molar-refractivity contribution in [3.05, 3.63) is 100 Å². The maximum Gasteiger partial charge on any atom is 0.258 e. The van der Waals surface area contributed by atoms with E-state index in [9.17, 15) is 22.8 Å². The van der Waals surface area contributed by atoms with Crippen LogP contribution in [0.3, 0.4) is 0 Å². The van der Waals surface area contributed by atoms with E-state index in [0.717, 1.165) is 23.6 Å². The monoisotopic (exact) mass is 480 g/mol. The number of ketones is 1. The minimum atomic E-state index is -1.72. The summed E-state index contributed by atoms with van der Waals surface area (Å²) in [6.07, 6.45) is 2.30. The molecule has 0 unspecified atom stereocenters. The molecule has 8 heteroatoms. The Labute approximate surface area is 200 Å². The average Bonchev–Trinajstić information content (AvgIpc) is 2.82. The molecule has 0 saturated heterocycles. The van der Waals surface area contributed by atoms with Crippen LogP contribution in [0.1, 0.15) is 45.7 Å². The van der Waals surface area contributed by atoms with Crippen molar-refractivity contribution in [3.63, 3.8) is 0 Å². The van der Waals surface area contributed by atoms with Crippen molar-refractivity contribution in [2.45, 2.75) is 25.8 Å². The molecule has 3 aromatic carbocycles. The van der Waals surface area contributed by atoms with E-state index in [4.69, 9.17) is 4.74 Å². The fraction of sp³-hybridized carbons (Fsp3) is 0.185. The van der Waals surface area contributed by atoms with Gasteiger partial charge in [0.15, 0.2) is 23.2 Å². The van der Waals surface area contributed by atoms with Gasteiger partial charge in [0.25, 0.3) is 5.91 Å². The molecule has 1 amide bonds. The van der Waals surface area contributed by atoms with Crippen LogP contribution in [0, 0.1) is 17.5 Å². The van der Waals surface area contributed by atoms with Crippen molar-refractivity contribution in [3.8, 4) is 5.75 Å². The molecule has 1 aliphatic rings. The Bertz CT molecular complexity index is 1350. The summed E-state index contributed by atoms with van der Waals surface area (Å²) in [5.74, 6) is -5.19. The summed E-state index contributed by atoms with van der Waals surface area (Å²) in [5.41, 5.74) is 2.39. The van der Waals surface area contributed by atoms with Crippen LogP contribution >= 0.6 is 0 Å². The summed E-state index contributed by atoms with van der Waals surface area (Å²) in [4.78, 5) is 25.3. The molecular weight excluding hydrogens is 457 g/mol. The van der Waals surface area contributed by atoms with Gasteiger partial charge in [-0.05, 0) is 74.4 Å². The highest BCUT2D eigenvalue weighted by atomic mass is 19.2. The molecule has 2 N–H and O–H groups in total. The number of amides is 1. The zero-order valence-electron chi connectivity index (χ0n) is 19.3. The topological polar surface area (TPSA) is 67.4 Å². The number of rotatable bonds is 5. The lowest BCUT2D eigenvalue weighted by atomic mass is 9.85. The zero-order valence-corrected chi connectivity index (χ0v) is 19.3. The zero-order chi connectivity index (χ0) is 25.3. The van der Waals surface area contributed by atoms with Crippen molar-refractivity contribution in [2.75, 3.05) is 12.4 Å². The first-order chi connectivity index (χ1) is 16.6. The number of anilines is 1. The average molecular weight is 480 g/mol. The van der Waals surface area contributed by atoms with Crippen molar-refractivity contribution in [1.29, 1.82) is 0 Å². The van der Waals surface area contributed by atoms with Gasteiger partial charge in [-0.3, -0.25) is 9.59 Å². The normalized spacial score (nSPS) is 15.2. The van der Waals surface area contributed by atoms with Gasteiger partial charge in [0.1, 0.15) is 5.75 Å². The summed E-state index contributed by atoms with van der Waals surface area (Å²) >= 11 is 0. The maximum absolute atomic E-state index is 13.9. The maximum atomic E-state index is 13.9. The number of methoxy groups -OCH3 is 1. The number of allylic oxidation sites excluding steroid dienone is 1. The van der Waals surface area contributed by atoms with E-state index in [2.05, 4.69) is 10.6 Å². The van der Waals surface area contributed by atoms with Crippen LogP contribution in [0.4, 0.5) is 18.9 Å². The third kappa shape index (κ3) is 5.06. The van der Waals surface area contributed by atoms with Crippen molar-refractivity contribution in [2.24, 2.45) is 0 Å². The lowest BCUT2D eigenvalue weighted by molar-refractivity contribution is 0.102. The number of hydrogen-bond acceptors (Lipinski definition) is 4. The van der Waals surface area contributed by atoms with Gasteiger partial charge >= 0.3 is 0 Å². The Balaban J connectivity index is 1.55. The van der Waals surface area contributed by atoms with Crippen LogP contribution in [0.15, 0.2) is 60.7 Å². The van der Waals surface area contributed by atoms with Crippen molar-refractivity contribution in [1.82, 2.24) is 5.32 Å². The molecule has 180 valence electrons. The molecular formula is C27H23F3N2O3. The molecule has 4 rings (SSSR count). The minimum absolute atomic E-state index is 0.253. The summed E-state index contributed by atoms with van der Waals surface area (Å²) in [6, 6.07) is 13.3. The van der Waals surface area contributed by atoms with Crippen molar-refractivity contribution < 1.29 is 27.5 Å². The molecule has 0 spiro atoms. The molecule has 1 heterocycles. The van der Waals surface area contributed by atoms with E-state index in [-0.39, 0.29) is 17.0 Å². The predicted molar refractivity (Wildman–Crippen MR) is 127 cm³/mol. The lowest BCUT2D eigenvalue weighted by Crippen LogP contribution is -2.43. The summed E-state index contributed by atoms with van der Waals surface area (Å²) in [6.45, 7) is 4.09. The predicted octanol–water partition coefficient (Wildman–Crippen LogP) is 5.51. The van der Waals surface area contributed by atoms with Gasteiger partial charge in [0, 0.05) is 34.1 Å². The van der Waals surface area contributed by atoms with E-state index in [1.54, 1.807) is 7.11 Å². The molecule has 5 nitrogen and oxygen atoms in total. The Morgan fingerprint density at radius 1 is 1.00 bits per heavy atom. The van der Waals surface area contributed by atoms with Gasteiger partial charge < -0.3 is 15.4 Å². The van der Waals surface area contributed by atoms with Gasteiger partial charge in [-0.1, -0.05) is 6.07 Å². The quantitative estimate of drug-likeness (QED) is 0.287. The van der Waals surface area contributed by atoms with Crippen molar-refractivity contribution >= 4 is 23.1 Å². The van der Waals surface area contributed by atoms with Gasteiger partial charge in [0.2, 0.25) is 0 Å². The van der Waals surface area contributed by atoms with E-state index in [0.29, 0.717) is 23.1 Å². The summed E-state index contributed by atoms with van der Waals surface area (Å²) < 4.78 is 45.7. The number of nitrogens with one attached hydrogen (secondary N) is 2. The van der Waals surface area contributed by atoms with Crippen LogP contribution < -0.4 is 15.4 Å². The third-order valence-electron chi connectivity index (χ3n) is 5.70. The van der Waals surface area contributed by atoms with Gasteiger partial charge in [-0.15, -0.1) is 0 Å². The number of hydrogen-bond donors (Lipinski definition) is 2. The molecule has 0 saturated carbocycles. The van der Waals surface area contributed by atoms with E-state index in [1.807, 2.05) is 32.0 Å². The number of carbonyl (C=O) groups excluding carboxylic acids is 2. The first-order valence-corrected chi connectivity index (χ1v) is 10.8. The second kappa shape index (κ2) is 9.29. The van der Waals surface area contributed by atoms with Crippen LogP contribution in [0.2, 0.25) is 0 Å². The SMILES string of the molecule is COc1ccc2c(c1)C(=CC(=O)c1ccc(NC(=O)c3ccc(F)c(F)c3F)cc1)NC(C)(C)C2. The number of halogens is 3. The van der Waals surface area contributed by atoms with Crippen LogP contribution in [0.25, 0.3) is 5.70 Å². The second-order valence-electron chi connectivity index (χ2n) is 8.89.